The van der Waals surface area contributed by atoms with Crippen LogP contribution in [-0.4, -0.2) is 27.7 Å². The maximum atomic E-state index is 12.1. The second kappa shape index (κ2) is 8.69. The van der Waals surface area contributed by atoms with E-state index < -0.39 is 0 Å². The van der Waals surface area contributed by atoms with E-state index in [4.69, 9.17) is 4.98 Å². The lowest BCUT2D eigenvalue weighted by Gasteiger charge is -2.11. The van der Waals surface area contributed by atoms with Crippen LogP contribution in [-0.2, 0) is 4.79 Å². The number of thioether (sulfide) groups is 1. The van der Waals surface area contributed by atoms with Crippen LogP contribution in [0.4, 0.5) is 0 Å². The first kappa shape index (κ1) is 18.2. The molecule has 0 bridgehead atoms. The summed E-state index contributed by atoms with van der Waals surface area (Å²) in [6, 6.07) is 8.45. The molecule has 3 aromatic rings. The lowest BCUT2D eigenvalue weighted by molar-refractivity contribution is -0.119. The molecule has 3 heterocycles. The summed E-state index contributed by atoms with van der Waals surface area (Å²) in [5, 5.41) is 7.93. The van der Waals surface area contributed by atoms with E-state index in [9.17, 15) is 4.79 Å². The Balaban J connectivity index is 1.72. The highest BCUT2D eigenvalue weighted by molar-refractivity contribution is 7.99. The van der Waals surface area contributed by atoms with Gasteiger partial charge in [0, 0.05) is 6.04 Å². The molecule has 7 heteroatoms. The number of hydrogen-bond donors (Lipinski definition) is 2. The van der Waals surface area contributed by atoms with E-state index in [0.29, 0.717) is 5.75 Å². The molecule has 0 aliphatic heterocycles. The Morgan fingerprint density at radius 2 is 2.00 bits per heavy atom. The number of carbonyl (C=O) groups is 1. The fraction of sp³-hybridized carbons (Fsp3) is 0.333. The summed E-state index contributed by atoms with van der Waals surface area (Å²) in [6.45, 7) is 4.17. The minimum Gasteiger partial charge on any atom is -0.353 e. The van der Waals surface area contributed by atoms with Crippen molar-refractivity contribution in [2.24, 2.45) is 0 Å². The van der Waals surface area contributed by atoms with Crippen LogP contribution in [0, 0.1) is 0 Å². The number of nitrogens with one attached hydrogen (secondary N) is 2. The average Bonchev–Trinajstić information content (AvgIpc) is 3.32. The summed E-state index contributed by atoms with van der Waals surface area (Å²) < 4.78 is 0. The molecular weight excluding hydrogens is 370 g/mol. The molecule has 0 saturated heterocycles. The SMILES string of the molecule is CCCC(C)NC(=O)CSc1nc(-c2cccs2)c(-c2cccs2)[nH]1. The number of nitrogens with zero attached hydrogens (tertiary/aromatic N) is 1. The molecular formula is C18H21N3OS3. The lowest BCUT2D eigenvalue weighted by atomic mass is 10.2. The van der Waals surface area contributed by atoms with Gasteiger partial charge in [-0.25, -0.2) is 4.98 Å². The van der Waals surface area contributed by atoms with E-state index in [1.807, 2.05) is 19.1 Å². The van der Waals surface area contributed by atoms with Gasteiger partial charge in [-0.1, -0.05) is 37.2 Å². The van der Waals surface area contributed by atoms with Gasteiger partial charge >= 0.3 is 0 Å². The maximum Gasteiger partial charge on any atom is 0.230 e. The van der Waals surface area contributed by atoms with Crippen molar-refractivity contribution in [1.29, 1.82) is 0 Å². The van der Waals surface area contributed by atoms with Crippen LogP contribution >= 0.6 is 34.4 Å². The zero-order valence-electron chi connectivity index (χ0n) is 14.2. The standard InChI is InChI=1S/C18H21N3OS3/c1-3-6-12(2)19-15(22)11-25-18-20-16(13-7-4-9-23-13)17(21-18)14-8-5-10-24-14/h4-5,7-10,12H,3,6,11H2,1-2H3,(H,19,22)(H,20,21). The van der Waals surface area contributed by atoms with Crippen LogP contribution in [0.5, 0.6) is 0 Å². The van der Waals surface area contributed by atoms with Crippen LogP contribution in [0.1, 0.15) is 26.7 Å². The van der Waals surface area contributed by atoms with Crippen LogP contribution < -0.4 is 5.32 Å². The first-order chi connectivity index (χ1) is 12.2. The van der Waals surface area contributed by atoms with E-state index in [1.54, 1.807) is 22.7 Å². The molecule has 4 nitrogen and oxygen atoms in total. The zero-order chi connectivity index (χ0) is 17.6. The van der Waals surface area contributed by atoms with Gasteiger partial charge in [0.25, 0.3) is 0 Å². The average molecular weight is 392 g/mol. The molecule has 0 radical (unpaired) electrons. The van der Waals surface area contributed by atoms with E-state index in [-0.39, 0.29) is 11.9 Å². The van der Waals surface area contributed by atoms with Gasteiger partial charge in [-0.05, 0) is 36.2 Å². The van der Waals surface area contributed by atoms with Gasteiger partial charge < -0.3 is 10.3 Å². The zero-order valence-corrected chi connectivity index (χ0v) is 16.7. The summed E-state index contributed by atoms with van der Waals surface area (Å²) in [4.78, 5) is 22.5. The fourth-order valence-corrected chi connectivity index (χ4v) is 4.69. The number of thiophene rings is 2. The Morgan fingerprint density at radius 1 is 1.28 bits per heavy atom. The number of hydrogen-bond acceptors (Lipinski definition) is 5. The van der Waals surface area contributed by atoms with E-state index >= 15 is 0 Å². The second-order valence-electron chi connectivity index (χ2n) is 5.77. The molecule has 0 spiro atoms. The Labute approximate surface area is 160 Å². The third-order valence-corrected chi connectivity index (χ3v) is 6.31. The number of H-pyrrole nitrogens is 1. The third kappa shape index (κ3) is 4.74. The molecule has 0 aliphatic carbocycles. The normalized spacial score (nSPS) is 12.2. The molecule has 2 N–H and O–H groups in total. The van der Waals surface area contributed by atoms with Gasteiger partial charge in [-0.3, -0.25) is 4.79 Å². The first-order valence-electron chi connectivity index (χ1n) is 8.27. The Kier molecular flexibility index (Phi) is 6.34. The first-order valence-corrected chi connectivity index (χ1v) is 11.0. The smallest absolute Gasteiger partial charge is 0.230 e. The molecule has 3 rings (SSSR count). The van der Waals surface area contributed by atoms with Crippen molar-refractivity contribution in [1.82, 2.24) is 15.3 Å². The summed E-state index contributed by atoms with van der Waals surface area (Å²) >= 11 is 4.81. The van der Waals surface area contributed by atoms with Crippen LogP contribution in [0.2, 0.25) is 0 Å². The van der Waals surface area contributed by atoms with Crippen LogP contribution in [0.15, 0.2) is 40.2 Å². The van der Waals surface area contributed by atoms with E-state index in [1.165, 1.54) is 11.8 Å². The number of aromatic amines is 1. The maximum absolute atomic E-state index is 12.1. The molecule has 132 valence electrons. The molecule has 0 aliphatic rings. The Bertz CT molecular complexity index is 742. The highest BCUT2D eigenvalue weighted by atomic mass is 32.2. The molecule has 1 unspecified atom stereocenters. The lowest BCUT2D eigenvalue weighted by Crippen LogP contribution is -2.33. The Hall–Kier alpha value is -1.57. The van der Waals surface area contributed by atoms with Crippen molar-refractivity contribution in [3.63, 3.8) is 0 Å². The molecule has 0 fully saturated rings. The largest absolute Gasteiger partial charge is 0.353 e. The van der Waals surface area contributed by atoms with Gasteiger partial charge in [0.1, 0.15) is 5.69 Å². The Morgan fingerprint density at radius 3 is 2.64 bits per heavy atom. The van der Waals surface area contributed by atoms with Crippen molar-refractivity contribution in [3.8, 4) is 21.1 Å². The predicted octanol–water partition coefficient (Wildman–Crippen LogP) is 5.26. The van der Waals surface area contributed by atoms with Crippen molar-refractivity contribution >= 4 is 40.3 Å². The molecule has 3 aromatic heterocycles. The monoisotopic (exact) mass is 391 g/mol. The fourth-order valence-electron chi connectivity index (χ4n) is 2.57. The minimum atomic E-state index is 0.0534. The summed E-state index contributed by atoms with van der Waals surface area (Å²) in [6.07, 6.45) is 2.07. The van der Waals surface area contributed by atoms with Gasteiger partial charge in [0.15, 0.2) is 5.16 Å². The molecule has 1 atom stereocenters. The molecule has 0 saturated carbocycles. The van der Waals surface area contributed by atoms with E-state index in [0.717, 1.165) is 39.1 Å². The summed E-state index contributed by atoms with van der Waals surface area (Å²) in [5.41, 5.74) is 1.99. The minimum absolute atomic E-state index is 0.0534. The van der Waals surface area contributed by atoms with Gasteiger partial charge in [0.2, 0.25) is 5.91 Å². The summed E-state index contributed by atoms with van der Waals surface area (Å²) in [7, 11) is 0. The topological polar surface area (TPSA) is 57.8 Å². The quantitative estimate of drug-likeness (QED) is 0.515. The molecule has 25 heavy (non-hydrogen) atoms. The highest BCUT2D eigenvalue weighted by Gasteiger charge is 2.17. The van der Waals surface area contributed by atoms with Crippen LogP contribution in [0.3, 0.4) is 0 Å². The van der Waals surface area contributed by atoms with Crippen molar-refractivity contribution in [2.75, 3.05) is 5.75 Å². The third-order valence-electron chi connectivity index (χ3n) is 3.67. The number of aromatic nitrogens is 2. The van der Waals surface area contributed by atoms with Crippen LogP contribution in [0.25, 0.3) is 21.1 Å². The second-order valence-corrected chi connectivity index (χ2v) is 8.63. The van der Waals surface area contributed by atoms with Crippen molar-refractivity contribution in [3.05, 3.63) is 35.0 Å². The van der Waals surface area contributed by atoms with Gasteiger partial charge in [-0.2, -0.15) is 0 Å². The number of carbonyl (C=O) groups excluding carboxylic acids is 1. The van der Waals surface area contributed by atoms with E-state index in [2.05, 4.69) is 40.1 Å². The number of imidazole rings is 1. The van der Waals surface area contributed by atoms with Gasteiger partial charge in [-0.15, -0.1) is 22.7 Å². The summed E-state index contributed by atoms with van der Waals surface area (Å²) in [5.74, 6) is 0.424. The van der Waals surface area contributed by atoms with Gasteiger partial charge in [0.05, 0.1) is 21.2 Å². The van der Waals surface area contributed by atoms with Crippen molar-refractivity contribution in [2.45, 2.75) is 37.9 Å². The number of amides is 1. The molecule has 1 amide bonds. The van der Waals surface area contributed by atoms with Crippen molar-refractivity contribution < 1.29 is 4.79 Å². The number of rotatable bonds is 8. The highest BCUT2D eigenvalue weighted by Crippen LogP contribution is 2.36. The molecule has 0 aromatic carbocycles. The predicted molar refractivity (Wildman–Crippen MR) is 108 cm³/mol.